The lowest BCUT2D eigenvalue weighted by molar-refractivity contribution is 0.102. The molecule has 0 fully saturated rings. The molecule has 124 valence electrons. The maximum absolute atomic E-state index is 12.5. The van der Waals surface area contributed by atoms with Crippen molar-refractivity contribution in [2.75, 3.05) is 5.32 Å². The SMILES string of the molecule is Cc1cc(C)n(-c2ccc(Cl)c(C(=O)Nc3cccc(C#N)c3)n2)n1. The van der Waals surface area contributed by atoms with E-state index in [2.05, 4.69) is 15.4 Å². The first-order chi connectivity index (χ1) is 12.0. The number of pyridine rings is 1. The van der Waals surface area contributed by atoms with Crippen LogP contribution in [0.5, 0.6) is 0 Å². The summed E-state index contributed by atoms with van der Waals surface area (Å²) >= 11 is 6.14. The molecule has 1 amide bonds. The highest BCUT2D eigenvalue weighted by molar-refractivity contribution is 6.34. The Balaban J connectivity index is 1.93. The van der Waals surface area contributed by atoms with Crippen molar-refractivity contribution in [1.29, 1.82) is 5.26 Å². The van der Waals surface area contributed by atoms with Crippen LogP contribution in [0, 0.1) is 25.2 Å². The van der Waals surface area contributed by atoms with E-state index in [1.165, 1.54) is 0 Å². The summed E-state index contributed by atoms with van der Waals surface area (Å²) in [7, 11) is 0. The quantitative estimate of drug-likeness (QED) is 0.780. The van der Waals surface area contributed by atoms with Crippen molar-refractivity contribution in [3.63, 3.8) is 0 Å². The third-order valence-corrected chi connectivity index (χ3v) is 3.83. The van der Waals surface area contributed by atoms with Gasteiger partial charge < -0.3 is 5.32 Å². The molecule has 1 N–H and O–H groups in total. The van der Waals surface area contributed by atoms with Gasteiger partial charge in [0.1, 0.15) is 5.69 Å². The molecule has 0 atom stereocenters. The minimum atomic E-state index is -0.455. The van der Waals surface area contributed by atoms with E-state index in [1.54, 1.807) is 41.1 Å². The fourth-order valence-corrected chi connectivity index (χ4v) is 2.62. The molecule has 0 spiro atoms. The number of aryl methyl sites for hydroxylation is 2. The van der Waals surface area contributed by atoms with Crippen LogP contribution in [0.4, 0.5) is 5.69 Å². The summed E-state index contributed by atoms with van der Waals surface area (Å²) in [6.45, 7) is 3.79. The van der Waals surface area contributed by atoms with Crippen molar-refractivity contribution in [2.45, 2.75) is 13.8 Å². The Morgan fingerprint density at radius 3 is 2.72 bits per heavy atom. The lowest BCUT2D eigenvalue weighted by atomic mass is 10.2. The van der Waals surface area contributed by atoms with Gasteiger partial charge in [-0.15, -0.1) is 0 Å². The number of halogens is 1. The number of carbonyl (C=O) groups is 1. The highest BCUT2D eigenvalue weighted by Gasteiger charge is 2.15. The van der Waals surface area contributed by atoms with Crippen LogP contribution in [-0.4, -0.2) is 20.7 Å². The topological polar surface area (TPSA) is 83.6 Å². The maximum atomic E-state index is 12.5. The molecule has 2 aromatic heterocycles. The molecule has 0 radical (unpaired) electrons. The van der Waals surface area contributed by atoms with Gasteiger partial charge in [0.05, 0.1) is 22.3 Å². The second kappa shape index (κ2) is 6.75. The Morgan fingerprint density at radius 2 is 2.04 bits per heavy atom. The molecule has 25 heavy (non-hydrogen) atoms. The molecule has 0 aliphatic rings. The van der Waals surface area contributed by atoms with Gasteiger partial charge in [-0.25, -0.2) is 9.67 Å². The van der Waals surface area contributed by atoms with E-state index >= 15 is 0 Å². The zero-order valence-electron chi connectivity index (χ0n) is 13.6. The smallest absolute Gasteiger partial charge is 0.275 e. The van der Waals surface area contributed by atoms with Crippen molar-refractivity contribution >= 4 is 23.2 Å². The highest BCUT2D eigenvalue weighted by atomic mass is 35.5. The molecule has 6 nitrogen and oxygen atoms in total. The minimum Gasteiger partial charge on any atom is -0.321 e. The predicted octanol–water partition coefficient (Wildman–Crippen LogP) is 3.66. The van der Waals surface area contributed by atoms with E-state index in [4.69, 9.17) is 16.9 Å². The number of benzene rings is 1. The van der Waals surface area contributed by atoms with Crippen LogP contribution in [0.15, 0.2) is 42.5 Å². The molecule has 1 aromatic carbocycles. The average Bonchev–Trinajstić information content (AvgIpc) is 2.93. The Kier molecular flexibility index (Phi) is 4.50. The second-order valence-electron chi connectivity index (χ2n) is 5.49. The van der Waals surface area contributed by atoms with E-state index in [9.17, 15) is 4.79 Å². The van der Waals surface area contributed by atoms with Crippen LogP contribution >= 0.6 is 11.6 Å². The fourth-order valence-electron chi connectivity index (χ4n) is 2.43. The standard InChI is InChI=1S/C18H14ClN5O/c1-11-8-12(2)24(23-11)16-7-6-15(19)17(22-16)18(25)21-14-5-3-4-13(9-14)10-20/h3-9H,1-2H3,(H,21,25). The summed E-state index contributed by atoms with van der Waals surface area (Å²) in [5, 5.41) is 16.2. The molecule has 3 aromatic rings. The summed E-state index contributed by atoms with van der Waals surface area (Å²) in [6.07, 6.45) is 0. The second-order valence-corrected chi connectivity index (χ2v) is 5.89. The monoisotopic (exact) mass is 351 g/mol. The van der Waals surface area contributed by atoms with Gasteiger partial charge in [-0.3, -0.25) is 4.79 Å². The van der Waals surface area contributed by atoms with Gasteiger partial charge in [0, 0.05) is 11.4 Å². The van der Waals surface area contributed by atoms with Gasteiger partial charge in [0.25, 0.3) is 5.91 Å². The van der Waals surface area contributed by atoms with Crippen molar-refractivity contribution in [3.8, 4) is 11.9 Å². The Bertz CT molecular complexity index is 1000. The molecular weight excluding hydrogens is 338 g/mol. The zero-order chi connectivity index (χ0) is 18.0. The number of hydrogen-bond acceptors (Lipinski definition) is 4. The predicted molar refractivity (Wildman–Crippen MR) is 95.0 cm³/mol. The van der Waals surface area contributed by atoms with E-state index < -0.39 is 5.91 Å². The number of aromatic nitrogens is 3. The van der Waals surface area contributed by atoms with Crippen molar-refractivity contribution in [3.05, 3.63) is 70.1 Å². The Morgan fingerprint density at radius 1 is 1.24 bits per heavy atom. The van der Waals surface area contributed by atoms with Crippen LogP contribution in [0.1, 0.15) is 27.4 Å². The molecule has 0 aliphatic heterocycles. The minimum absolute atomic E-state index is 0.0917. The molecule has 0 bridgehead atoms. The maximum Gasteiger partial charge on any atom is 0.275 e. The first-order valence-corrected chi connectivity index (χ1v) is 7.87. The molecule has 3 rings (SSSR count). The van der Waals surface area contributed by atoms with Gasteiger partial charge >= 0.3 is 0 Å². The summed E-state index contributed by atoms with van der Waals surface area (Å²) in [5.74, 6) is 0.0504. The first kappa shape index (κ1) is 16.7. The lowest BCUT2D eigenvalue weighted by Crippen LogP contribution is -2.16. The number of nitriles is 1. The third-order valence-electron chi connectivity index (χ3n) is 3.52. The van der Waals surface area contributed by atoms with Crippen molar-refractivity contribution in [2.24, 2.45) is 0 Å². The molecule has 0 unspecified atom stereocenters. The number of nitrogens with one attached hydrogen (secondary N) is 1. The number of anilines is 1. The van der Waals surface area contributed by atoms with Gasteiger partial charge in [-0.05, 0) is 50.2 Å². The fraction of sp³-hybridized carbons (Fsp3) is 0.111. The largest absolute Gasteiger partial charge is 0.321 e. The summed E-state index contributed by atoms with van der Waals surface area (Å²) < 4.78 is 1.65. The normalized spacial score (nSPS) is 10.3. The number of nitrogens with zero attached hydrogens (tertiary/aromatic N) is 4. The summed E-state index contributed by atoms with van der Waals surface area (Å²) in [6, 6.07) is 13.9. The number of rotatable bonds is 3. The van der Waals surface area contributed by atoms with Crippen molar-refractivity contribution in [1.82, 2.24) is 14.8 Å². The van der Waals surface area contributed by atoms with E-state index in [-0.39, 0.29) is 10.7 Å². The van der Waals surface area contributed by atoms with Gasteiger partial charge in [-0.2, -0.15) is 10.4 Å². The van der Waals surface area contributed by atoms with Crippen molar-refractivity contribution < 1.29 is 4.79 Å². The van der Waals surface area contributed by atoms with E-state index in [1.807, 2.05) is 26.0 Å². The highest BCUT2D eigenvalue weighted by Crippen LogP contribution is 2.19. The average molecular weight is 352 g/mol. The van der Waals surface area contributed by atoms with Crippen LogP contribution in [0.25, 0.3) is 5.82 Å². The summed E-state index contributed by atoms with van der Waals surface area (Å²) in [4.78, 5) is 16.9. The first-order valence-electron chi connectivity index (χ1n) is 7.49. The van der Waals surface area contributed by atoms with Crippen LogP contribution in [0.2, 0.25) is 5.02 Å². The summed E-state index contributed by atoms with van der Waals surface area (Å²) in [5.41, 5.74) is 2.80. The molecule has 0 saturated carbocycles. The number of amides is 1. The molecule has 7 heteroatoms. The number of hydrogen-bond donors (Lipinski definition) is 1. The molecule has 0 aliphatic carbocycles. The molecular formula is C18H14ClN5O. The van der Waals surface area contributed by atoms with Gasteiger partial charge in [0.2, 0.25) is 0 Å². The lowest BCUT2D eigenvalue weighted by Gasteiger charge is -2.09. The van der Waals surface area contributed by atoms with E-state index in [0.29, 0.717) is 17.1 Å². The van der Waals surface area contributed by atoms with Gasteiger partial charge in [-0.1, -0.05) is 17.7 Å². The Hall–Kier alpha value is -3.17. The van der Waals surface area contributed by atoms with Crippen LogP contribution < -0.4 is 5.32 Å². The molecule has 2 heterocycles. The number of carbonyl (C=O) groups excluding carboxylic acids is 1. The zero-order valence-corrected chi connectivity index (χ0v) is 14.4. The van der Waals surface area contributed by atoms with Crippen LogP contribution in [0.3, 0.4) is 0 Å². The van der Waals surface area contributed by atoms with E-state index in [0.717, 1.165) is 11.4 Å². The van der Waals surface area contributed by atoms with Crippen LogP contribution in [-0.2, 0) is 0 Å². The Labute approximate surface area is 149 Å². The van der Waals surface area contributed by atoms with Gasteiger partial charge in [0.15, 0.2) is 5.82 Å². The third kappa shape index (κ3) is 3.52. The molecule has 0 saturated heterocycles.